The Morgan fingerprint density at radius 2 is 1.90 bits per heavy atom. The fraction of sp³-hybridized carbons (Fsp3) is 0.500. The van der Waals surface area contributed by atoms with Gasteiger partial charge in [0.05, 0.1) is 17.9 Å². The van der Waals surface area contributed by atoms with Crippen molar-refractivity contribution in [3.8, 4) is 6.07 Å². The highest BCUT2D eigenvalue weighted by atomic mass is 16.5. The average Bonchev–Trinajstić information content (AvgIpc) is 2.73. The predicted octanol–water partition coefficient (Wildman–Crippen LogP) is 3.31. The van der Waals surface area contributed by atoms with E-state index in [1.165, 1.54) is 6.20 Å². The number of esters is 1. The summed E-state index contributed by atoms with van der Waals surface area (Å²) >= 11 is 0. The lowest BCUT2D eigenvalue weighted by Crippen LogP contribution is -2.26. The smallest absolute Gasteiger partial charge is 0.340 e. The number of nitrogens with one attached hydrogen (secondary N) is 2. The lowest BCUT2D eigenvalue weighted by molar-refractivity contribution is -0.112. The molecule has 0 aliphatic carbocycles. The van der Waals surface area contributed by atoms with Gasteiger partial charge in [0.1, 0.15) is 11.6 Å². The van der Waals surface area contributed by atoms with Gasteiger partial charge in [0.15, 0.2) is 0 Å². The lowest BCUT2D eigenvalue weighted by Gasteiger charge is -2.17. The number of nitriles is 1. The van der Waals surface area contributed by atoms with Gasteiger partial charge in [-0.3, -0.25) is 4.79 Å². The molecule has 0 heterocycles. The highest BCUT2D eigenvalue weighted by Crippen LogP contribution is 2.17. The van der Waals surface area contributed by atoms with Crippen LogP contribution in [-0.4, -0.2) is 49.6 Å². The number of unbranched alkanes of at least 4 members (excludes halogenated alkanes) is 1. The third-order valence-electron chi connectivity index (χ3n) is 4.43. The molecule has 0 saturated heterocycles. The van der Waals surface area contributed by atoms with Crippen LogP contribution in [0.4, 0.5) is 5.69 Å². The number of anilines is 1. The second-order valence-corrected chi connectivity index (χ2v) is 6.49. The second-order valence-electron chi connectivity index (χ2n) is 6.49. The minimum absolute atomic E-state index is 0.0537. The van der Waals surface area contributed by atoms with E-state index in [9.17, 15) is 14.9 Å². The predicted molar refractivity (Wildman–Crippen MR) is 114 cm³/mol. The molecule has 1 aromatic carbocycles. The Bertz CT molecular complexity index is 721. The Morgan fingerprint density at radius 1 is 1.17 bits per heavy atom. The van der Waals surface area contributed by atoms with E-state index in [2.05, 4.69) is 29.4 Å². The molecule has 0 unspecified atom stereocenters. The molecule has 0 saturated carbocycles. The van der Waals surface area contributed by atoms with Crippen LogP contribution in [0.25, 0.3) is 0 Å². The number of carbonyl (C=O) groups is 2. The molecule has 0 bridgehead atoms. The molecule has 1 rings (SSSR count). The SMILES string of the molecule is CCCCOC(=O)c1ccccc1NC(=O)/C(C#N)=C\NCCCN(CC)CC. The van der Waals surface area contributed by atoms with E-state index in [1.807, 2.05) is 13.0 Å². The Balaban J connectivity index is 2.66. The van der Waals surface area contributed by atoms with Gasteiger partial charge in [-0.15, -0.1) is 0 Å². The van der Waals surface area contributed by atoms with Crippen LogP contribution in [0.15, 0.2) is 36.0 Å². The standard InChI is InChI=1S/C22H32N4O3/c1-4-7-15-29-22(28)19-11-8-9-12-20(19)25-21(27)18(16-23)17-24-13-10-14-26(5-2)6-3/h8-9,11-12,17,24H,4-7,10,13-15H2,1-3H3,(H,25,27)/b18-17-. The molecule has 158 valence electrons. The van der Waals surface area contributed by atoms with E-state index in [0.29, 0.717) is 18.8 Å². The molecule has 0 aliphatic rings. The van der Waals surface area contributed by atoms with Crippen molar-refractivity contribution in [2.75, 3.05) is 38.1 Å². The Hall–Kier alpha value is -2.85. The first-order chi connectivity index (χ1) is 14.1. The summed E-state index contributed by atoms with van der Waals surface area (Å²) in [6.07, 6.45) is 4.02. The van der Waals surface area contributed by atoms with Gasteiger partial charge in [0, 0.05) is 12.7 Å². The topological polar surface area (TPSA) is 94.5 Å². The van der Waals surface area contributed by atoms with Crippen molar-refractivity contribution in [1.29, 1.82) is 5.26 Å². The summed E-state index contributed by atoms with van der Waals surface area (Å²) in [5, 5.41) is 14.9. The summed E-state index contributed by atoms with van der Waals surface area (Å²) in [7, 11) is 0. The molecule has 0 spiro atoms. The number of benzene rings is 1. The van der Waals surface area contributed by atoms with Crippen LogP contribution >= 0.6 is 0 Å². The first kappa shape index (κ1) is 24.2. The van der Waals surface area contributed by atoms with Gasteiger partial charge in [-0.05, 0) is 44.6 Å². The van der Waals surface area contributed by atoms with E-state index in [-0.39, 0.29) is 11.1 Å². The summed E-state index contributed by atoms with van der Waals surface area (Å²) in [6.45, 7) is 10.2. The van der Waals surface area contributed by atoms with Crippen molar-refractivity contribution in [3.05, 3.63) is 41.6 Å². The maximum atomic E-state index is 12.4. The quantitative estimate of drug-likeness (QED) is 0.228. The van der Waals surface area contributed by atoms with Crippen molar-refractivity contribution >= 4 is 17.6 Å². The first-order valence-electron chi connectivity index (χ1n) is 10.2. The van der Waals surface area contributed by atoms with Crippen molar-refractivity contribution in [1.82, 2.24) is 10.2 Å². The molecule has 1 aromatic rings. The van der Waals surface area contributed by atoms with Gasteiger partial charge < -0.3 is 20.3 Å². The zero-order valence-corrected chi connectivity index (χ0v) is 17.7. The third-order valence-corrected chi connectivity index (χ3v) is 4.43. The lowest BCUT2D eigenvalue weighted by atomic mass is 10.1. The van der Waals surface area contributed by atoms with Crippen molar-refractivity contribution < 1.29 is 14.3 Å². The third kappa shape index (κ3) is 8.79. The summed E-state index contributed by atoms with van der Waals surface area (Å²) < 4.78 is 5.22. The van der Waals surface area contributed by atoms with Gasteiger partial charge in [0.25, 0.3) is 5.91 Å². The van der Waals surface area contributed by atoms with Gasteiger partial charge in [-0.1, -0.05) is 39.3 Å². The minimum atomic E-state index is -0.572. The van der Waals surface area contributed by atoms with Crippen molar-refractivity contribution in [2.24, 2.45) is 0 Å². The van der Waals surface area contributed by atoms with Gasteiger partial charge in [0.2, 0.25) is 0 Å². The van der Waals surface area contributed by atoms with Crippen LogP contribution in [0.2, 0.25) is 0 Å². The van der Waals surface area contributed by atoms with Crippen molar-refractivity contribution in [2.45, 2.75) is 40.0 Å². The average molecular weight is 401 g/mol. The van der Waals surface area contributed by atoms with E-state index >= 15 is 0 Å². The van der Waals surface area contributed by atoms with Gasteiger partial charge >= 0.3 is 5.97 Å². The molecule has 0 atom stereocenters. The zero-order valence-electron chi connectivity index (χ0n) is 17.7. The van der Waals surface area contributed by atoms with Crippen molar-refractivity contribution in [3.63, 3.8) is 0 Å². The highest BCUT2D eigenvalue weighted by Gasteiger charge is 2.16. The maximum absolute atomic E-state index is 12.4. The molecule has 2 N–H and O–H groups in total. The second kappa shape index (κ2) is 14.2. The Morgan fingerprint density at radius 3 is 2.55 bits per heavy atom. The molecule has 7 heteroatoms. The van der Waals surface area contributed by atoms with E-state index in [1.54, 1.807) is 24.3 Å². The van der Waals surface area contributed by atoms with Gasteiger partial charge in [-0.25, -0.2) is 4.79 Å². The minimum Gasteiger partial charge on any atom is -0.462 e. The van der Waals surface area contributed by atoms with Crippen LogP contribution in [0.1, 0.15) is 50.4 Å². The molecular weight excluding hydrogens is 368 g/mol. The molecule has 0 fully saturated rings. The number of nitrogens with zero attached hydrogens (tertiary/aromatic N) is 2. The zero-order chi connectivity index (χ0) is 21.5. The molecule has 0 aromatic heterocycles. The highest BCUT2D eigenvalue weighted by molar-refractivity contribution is 6.09. The number of amides is 1. The fourth-order valence-corrected chi connectivity index (χ4v) is 2.61. The van der Waals surface area contributed by atoms with E-state index < -0.39 is 11.9 Å². The molecule has 0 aliphatic heterocycles. The van der Waals surface area contributed by atoms with E-state index in [0.717, 1.165) is 38.9 Å². The summed E-state index contributed by atoms with van der Waals surface area (Å²) in [5.74, 6) is -1.07. The summed E-state index contributed by atoms with van der Waals surface area (Å²) in [5.41, 5.74) is 0.532. The molecule has 0 radical (unpaired) electrons. The normalized spacial score (nSPS) is 11.1. The number of rotatable bonds is 13. The van der Waals surface area contributed by atoms with Crippen LogP contribution in [0.5, 0.6) is 0 Å². The fourth-order valence-electron chi connectivity index (χ4n) is 2.61. The maximum Gasteiger partial charge on any atom is 0.340 e. The summed E-state index contributed by atoms with van der Waals surface area (Å²) in [4.78, 5) is 27.0. The van der Waals surface area contributed by atoms with Crippen LogP contribution < -0.4 is 10.6 Å². The largest absolute Gasteiger partial charge is 0.462 e. The van der Waals surface area contributed by atoms with Crippen LogP contribution in [-0.2, 0) is 9.53 Å². The number of hydrogen-bond acceptors (Lipinski definition) is 6. The summed E-state index contributed by atoms with van der Waals surface area (Å²) in [6, 6.07) is 8.50. The molecular formula is C22H32N4O3. The van der Waals surface area contributed by atoms with Crippen LogP contribution in [0, 0.1) is 11.3 Å². The number of ether oxygens (including phenoxy) is 1. The van der Waals surface area contributed by atoms with Gasteiger partial charge in [-0.2, -0.15) is 5.26 Å². The molecule has 29 heavy (non-hydrogen) atoms. The number of para-hydroxylation sites is 1. The molecule has 1 amide bonds. The Labute approximate surface area is 173 Å². The van der Waals surface area contributed by atoms with Crippen LogP contribution in [0.3, 0.4) is 0 Å². The molecule has 7 nitrogen and oxygen atoms in total. The monoisotopic (exact) mass is 400 g/mol. The number of carbonyl (C=O) groups excluding carboxylic acids is 2. The Kier molecular flexibility index (Phi) is 11.8. The number of hydrogen-bond donors (Lipinski definition) is 2. The first-order valence-corrected chi connectivity index (χ1v) is 10.2. The van der Waals surface area contributed by atoms with E-state index in [4.69, 9.17) is 4.74 Å².